The summed E-state index contributed by atoms with van der Waals surface area (Å²) in [5.74, 6) is 0.276. The second kappa shape index (κ2) is 11.3. The molecule has 0 bridgehead atoms. The van der Waals surface area contributed by atoms with Gasteiger partial charge in [0.15, 0.2) is 10.9 Å². The smallest absolute Gasteiger partial charge is 0.264 e. The highest BCUT2D eigenvalue weighted by molar-refractivity contribution is 9.10. The number of rotatable bonds is 5. The first-order valence-electron chi connectivity index (χ1n) is 10.2. The van der Waals surface area contributed by atoms with Crippen LogP contribution in [-0.4, -0.2) is 11.1 Å². The topological polar surface area (TPSA) is 50.7 Å². The first-order chi connectivity index (χ1) is 16.6. The molecule has 1 fully saturated rings. The van der Waals surface area contributed by atoms with Crippen molar-refractivity contribution in [1.82, 2.24) is 5.32 Å². The fourth-order valence-electron chi connectivity index (χ4n) is 3.32. The summed E-state index contributed by atoms with van der Waals surface area (Å²) in [5.41, 5.74) is 4.54. The molecule has 0 aromatic heterocycles. The van der Waals surface area contributed by atoms with Crippen LogP contribution in [0, 0.1) is 13.8 Å². The zero-order valence-electron chi connectivity index (χ0n) is 18.4. The average molecular weight is 676 g/mol. The van der Waals surface area contributed by atoms with Crippen LogP contribution < -0.4 is 10.1 Å². The van der Waals surface area contributed by atoms with Crippen LogP contribution in [0.1, 0.15) is 22.3 Å². The summed E-state index contributed by atoms with van der Waals surface area (Å²) in [6.45, 7) is 4.28. The van der Waals surface area contributed by atoms with E-state index in [1.165, 1.54) is 11.8 Å². The number of hydrogen-bond acceptors (Lipinski definition) is 4. The third-order valence-corrected chi connectivity index (χ3v) is 8.76. The summed E-state index contributed by atoms with van der Waals surface area (Å²) in [5, 5.41) is 4.69. The lowest BCUT2D eigenvalue weighted by Gasteiger charge is -2.12. The van der Waals surface area contributed by atoms with Gasteiger partial charge in [-0.1, -0.05) is 56.8 Å². The minimum Gasteiger partial charge on any atom is -0.486 e. The molecule has 4 nitrogen and oxygen atoms in total. The number of amidine groups is 1. The molecule has 1 saturated heterocycles. The lowest BCUT2D eigenvalue weighted by atomic mass is 10.1. The molecule has 1 N–H and O–H groups in total. The number of thioether (sulfide) groups is 1. The van der Waals surface area contributed by atoms with Gasteiger partial charge in [0.1, 0.15) is 6.61 Å². The number of hydrogen-bond donors (Lipinski definition) is 1. The molecule has 10 heteroatoms. The van der Waals surface area contributed by atoms with Crippen LogP contribution in [0.25, 0.3) is 6.08 Å². The van der Waals surface area contributed by atoms with Crippen molar-refractivity contribution in [3.63, 3.8) is 0 Å². The Bertz CT molecular complexity index is 1360. The van der Waals surface area contributed by atoms with Crippen molar-refractivity contribution in [3.05, 3.63) is 93.6 Å². The van der Waals surface area contributed by atoms with Crippen molar-refractivity contribution >= 4 is 101 Å². The summed E-state index contributed by atoms with van der Waals surface area (Å²) >= 11 is 26.9. The van der Waals surface area contributed by atoms with Crippen LogP contribution in [0.2, 0.25) is 15.1 Å². The molecule has 0 aliphatic carbocycles. The van der Waals surface area contributed by atoms with E-state index in [1.807, 2.05) is 38.1 Å². The molecule has 3 aromatic rings. The predicted octanol–water partition coefficient (Wildman–Crippen LogP) is 9.26. The molecule has 1 aliphatic rings. The number of halogens is 5. The van der Waals surface area contributed by atoms with Gasteiger partial charge in [-0.15, -0.1) is 0 Å². The Morgan fingerprint density at radius 3 is 2.37 bits per heavy atom. The number of carbonyl (C=O) groups excluding carboxylic acids is 1. The van der Waals surface area contributed by atoms with Gasteiger partial charge < -0.3 is 10.1 Å². The highest BCUT2D eigenvalue weighted by Crippen LogP contribution is 2.37. The van der Waals surface area contributed by atoms with Gasteiger partial charge in [0.2, 0.25) is 0 Å². The molecule has 0 unspecified atom stereocenters. The van der Waals surface area contributed by atoms with E-state index in [2.05, 4.69) is 42.2 Å². The maximum absolute atomic E-state index is 12.5. The number of ether oxygens (including phenoxy) is 1. The fourth-order valence-corrected chi connectivity index (χ4v) is 5.70. The van der Waals surface area contributed by atoms with Crippen molar-refractivity contribution in [2.45, 2.75) is 20.5 Å². The van der Waals surface area contributed by atoms with E-state index in [4.69, 9.17) is 39.5 Å². The molecule has 4 rings (SSSR count). The van der Waals surface area contributed by atoms with E-state index in [-0.39, 0.29) is 12.5 Å². The van der Waals surface area contributed by atoms with Crippen LogP contribution in [-0.2, 0) is 11.4 Å². The minimum absolute atomic E-state index is 0.216. The zero-order chi connectivity index (χ0) is 25.3. The van der Waals surface area contributed by atoms with Crippen LogP contribution in [0.15, 0.2) is 61.3 Å². The van der Waals surface area contributed by atoms with Gasteiger partial charge in [-0.05, 0) is 106 Å². The first-order valence-corrected chi connectivity index (χ1v) is 13.8. The summed E-state index contributed by atoms with van der Waals surface area (Å²) in [7, 11) is 0. The second-order valence-electron chi connectivity index (χ2n) is 7.73. The van der Waals surface area contributed by atoms with Crippen LogP contribution in [0.3, 0.4) is 0 Å². The molecule has 0 spiro atoms. The number of aryl methyl sites for hydroxylation is 2. The second-order valence-corrected chi connectivity index (χ2v) is 11.6. The Morgan fingerprint density at radius 1 is 1.00 bits per heavy atom. The Kier molecular flexibility index (Phi) is 8.57. The Hall–Kier alpha value is -1.48. The van der Waals surface area contributed by atoms with Crippen molar-refractivity contribution in [2.24, 2.45) is 4.99 Å². The lowest BCUT2D eigenvalue weighted by Crippen LogP contribution is -2.19. The first kappa shape index (κ1) is 26.6. The van der Waals surface area contributed by atoms with Gasteiger partial charge in [-0.25, -0.2) is 4.99 Å². The van der Waals surface area contributed by atoms with Crippen LogP contribution >= 0.6 is 78.4 Å². The lowest BCUT2D eigenvalue weighted by molar-refractivity contribution is -0.115. The van der Waals surface area contributed by atoms with Gasteiger partial charge in [0, 0.05) is 4.47 Å². The van der Waals surface area contributed by atoms with Crippen molar-refractivity contribution in [3.8, 4) is 5.75 Å². The highest BCUT2D eigenvalue weighted by Gasteiger charge is 2.24. The van der Waals surface area contributed by atoms with Crippen molar-refractivity contribution in [1.29, 1.82) is 0 Å². The zero-order valence-corrected chi connectivity index (χ0v) is 24.6. The molecule has 3 aromatic carbocycles. The van der Waals surface area contributed by atoms with Crippen LogP contribution in [0.4, 0.5) is 5.69 Å². The van der Waals surface area contributed by atoms with Gasteiger partial charge in [-0.3, -0.25) is 4.79 Å². The van der Waals surface area contributed by atoms with Gasteiger partial charge in [-0.2, -0.15) is 0 Å². The Labute approximate surface area is 239 Å². The summed E-state index contributed by atoms with van der Waals surface area (Å²) in [4.78, 5) is 17.6. The molecule has 180 valence electrons. The van der Waals surface area contributed by atoms with Gasteiger partial charge in [0.05, 0.1) is 30.1 Å². The molecular weight excluding hydrogens is 659 g/mol. The predicted molar refractivity (Wildman–Crippen MR) is 154 cm³/mol. The summed E-state index contributed by atoms with van der Waals surface area (Å²) < 4.78 is 7.61. The SMILES string of the molecule is Cc1cc(N=C2NC(=O)/C(=C/c3cc(Cl)c(OCc4ccc(Cl)c(Cl)c4)c(Br)c3)S2)cc(C)c1Br. The number of carbonyl (C=O) groups is 1. The van der Waals surface area contributed by atoms with Gasteiger partial charge in [0.25, 0.3) is 5.91 Å². The number of nitrogens with one attached hydrogen (secondary N) is 1. The maximum atomic E-state index is 12.5. The third-order valence-electron chi connectivity index (χ3n) is 4.99. The average Bonchev–Trinajstić information content (AvgIpc) is 3.12. The summed E-state index contributed by atoms with van der Waals surface area (Å²) in [6.07, 6.45) is 1.76. The van der Waals surface area contributed by atoms with Gasteiger partial charge >= 0.3 is 0 Å². The normalized spacial score (nSPS) is 15.7. The number of aliphatic imine (C=N–C) groups is 1. The standard InChI is InChI=1S/C25H17Br2Cl3N2O2S/c1-12-5-16(6-13(2)22(12)27)31-25-32-24(33)21(35-25)10-15-7-17(26)23(20(30)9-15)34-11-14-3-4-18(28)19(29)8-14/h3-10H,11H2,1-2H3,(H,31,32,33)/b21-10-. The number of amides is 1. The molecule has 0 saturated carbocycles. The van der Waals surface area contributed by atoms with E-state index in [0.717, 1.165) is 32.4 Å². The molecule has 0 atom stereocenters. The van der Waals surface area contributed by atoms with E-state index in [0.29, 0.717) is 35.4 Å². The van der Waals surface area contributed by atoms with E-state index < -0.39 is 0 Å². The fraction of sp³-hybridized carbons (Fsp3) is 0.120. The molecule has 0 radical (unpaired) electrons. The molecule has 1 amide bonds. The Balaban J connectivity index is 1.51. The molecule has 1 heterocycles. The van der Waals surface area contributed by atoms with Crippen molar-refractivity contribution in [2.75, 3.05) is 0 Å². The maximum Gasteiger partial charge on any atom is 0.264 e. The third kappa shape index (κ3) is 6.45. The molecule has 1 aliphatic heterocycles. The summed E-state index contributed by atoms with van der Waals surface area (Å²) in [6, 6.07) is 12.8. The van der Waals surface area contributed by atoms with E-state index >= 15 is 0 Å². The largest absolute Gasteiger partial charge is 0.486 e. The molecular formula is C25H17Br2Cl3N2O2S. The Morgan fingerprint density at radius 2 is 1.71 bits per heavy atom. The quantitative estimate of drug-likeness (QED) is 0.275. The number of nitrogens with zero attached hydrogens (tertiary/aromatic N) is 1. The highest BCUT2D eigenvalue weighted by atomic mass is 79.9. The van der Waals surface area contributed by atoms with Crippen LogP contribution in [0.5, 0.6) is 5.75 Å². The van der Waals surface area contributed by atoms with E-state index in [9.17, 15) is 4.79 Å². The van der Waals surface area contributed by atoms with Crippen molar-refractivity contribution < 1.29 is 9.53 Å². The molecule has 35 heavy (non-hydrogen) atoms. The van der Waals surface area contributed by atoms with E-state index in [1.54, 1.807) is 24.3 Å². The minimum atomic E-state index is -0.216. The number of benzene rings is 3. The monoisotopic (exact) mass is 672 g/mol.